The Labute approximate surface area is 228 Å². The number of aliphatic hydroxyl groups is 1. The minimum absolute atomic E-state index is 0.00425. The van der Waals surface area contributed by atoms with E-state index in [-0.39, 0.29) is 41.1 Å². The van der Waals surface area contributed by atoms with E-state index in [0.29, 0.717) is 75.3 Å². The van der Waals surface area contributed by atoms with Gasteiger partial charge in [0.15, 0.2) is 5.82 Å². The number of aromatic nitrogens is 2. The van der Waals surface area contributed by atoms with Crippen molar-refractivity contribution in [1.82, 2.24) is 20.2 Å². The molecule has 2 saturated heterocycles. The van der Waals surface area contributed by atoms with Crippen molar-refractivity contribution in [1.29, 1.82) is 10.8 Å². The number of likely N-dealkylation sites (tertiary alicyclic amines) is 1. The van der Waals surface area contributed by atoms with Gasteiger partial charge in [-0.2, -0.15) is 4.98 Å². The molecular formula is C28H38FN7O3. The van der Waals surface area contributed by atoms with E-state index < -0.39 is 11.6 Å². The molecule has 2 aliphatic heterocycles. The summed E-state index contributed by atoms with van der Waals surface area (Å²) >= 11 is 0. The number of hydrogen-bond acceptors (Lipinski definition) is 10. The molecule has 4 aliphatic rings. The molecule has 11 heteroatoms. The Morgan fingerprint density at radius 1 is 1.31 bits per heavy atom. The number of ketones is 1. The van der Waals surface area contributed by atoms with Crippen LogP contribution in [-0.2, 0) is 4.79 Å². The quantitative estimate of drug-likeness (QED) is 0.330. The molecule has 5 N–H and O–H groups in total. The summed E-state index contributed by atoms with van der Waals surface area (Å²) in [6.07, 6.45) is 5.31. The summed E-state index contributed by atoms with van der Waals surface area (Å²) in [5.74, 6) is 0.728. The normalized spacial score (nSPS) is 29.9. The molecule has 210 valence electrons. The summed E-state index contributed by atoms with van der Waals surface area (Å²) in [6, 6.07) is 1.50. The van der Waals surface area contributed by atoms with E-state index in [0.717, 1.165) is 18.4 Å². The SMILES string of the molecule is C[C@H](Oc1cc(N/C=C2/CNCC2=N)nc(C(=N)C2=C(O)[C@]3(CCCCC3=O)CCC2)n1)[C@@H]1C[C@@H](F)CN1C. The third kappa shape index (κ3) is 5.47. The first-order valence-electron chi connectivity index (χ1n) is 13.9. The van der Waals surface area contributed by atoms with Gasteiger partial charge in [-0.3, -0.25) is 15.1 Å². The van der Waals surface area contributed by atoms with Gasteiger partial charge >= 0.3 is 0 Å². The van der Waals surface area contributed by atoms with Crippen LogP contribution in [0.4, 0.5) is 10.2 Å². The zero-order valence-corrected chi connectivity index (χ0v) is 22.6. The van der Waals surface area contributed by atoms with Gasteiger partial charge in [0.05, 0.1) is 11.1 Å². The molecule has 4 atom stereocenters. The van der Waals surface area contributed by atoms with Gasteiger partial charge in [-0.05, 0) is 52.5 Å². The second kappa shape index (κ2) is 11.1. The summed E-state index contributed by atoms with van der Waals surface area (Å²) in [6.45, 7) is 3.29. The number of alkyl halides is 1. The zero-order valence-electron chi connectivity index (χ0n) is 22.6. The van der Waals surface area contributed by atoms with Crippen LogP contribution in [0, 0.1) is 16.2 Å². The molecular weight excluding hydrogens is 501 g/mol. The summed E-state index contributed by atoms with van der Waals surface area (Å²) < 4.78 is 20.2. The number of allylic oxidation sites excluding steroid dienone is 2. The van der Waals surface area contributed by atoms with Crippen LogP contribution >= 0.6 is 0 Å². The number of anilines is 1. The van der Waals surface area contributed by atoms with Crippen LogP contribution in [0.3, 0.4) is 0 Å². The molecule has 0 aromatic carbocycles. The zero-order chi connectivity index (χ0) is 27.7. The number of rotatable bonds is 7. The first-order valence-corrected chi connectivity index (χ1v) is 13.9. The first kappa shape index (κ1) is 27.4. The highest BCUT2D eigenvalue weighted by molar-refractivity contribution is 6.09. The maximum absolute atomic E-state index is 14.0. The van der Waals surface area contributed by atoms with Crippen molar-refractivity contribution in [3.63, 3.8) is 0 Å². The standard InChI is InChI=1S/C28H38FN7O3/c1-16(21-10-18(29)15-36(21)2)39-24-11-23(33-13-17-12-32-14-20(17)30)34-27(35-24)25(31)19-6-5-9-28(26(19)38)8-4-3-7-22(28)37/h11,13,16,18,21,30-32,38H,3-10,12,14-15H2,1-2H3,(H,33,34,35)/b17-13-,30-20?,31-25?/t16-,18+,21-,28+/m0/s1. The van der Waals surface area contributed by atoms with Crippen molar-refractivity contribution >= 4 is 23.0 Å². The first-order chi connectivity index (χ1) is 18.7. The predicted octanol–water partition coefficient (Wildman–Crippen LogP) is 3.70. The molecule has 1 aromatic heterocycles. The monoisotopic (exact) mass is 539 g/mol. The van der Waals surface area contributed by atoms with Crippen LogP contribution in [0.25, 0.3) is 0 Å². The van der Waals surface area contributed by atoms with Crippen molar-refractivity contribution < 1.29 is 19.0 Å². The van der Waals surface area contributed by atoms with Crippen molar-refractivity contribution in [3.05, 3.63) is 35.0 Å². The smallest absolute Gasteiger partial charge is 0.219 e. The van der Waals surface area contributed by atoms with Crippen LogP contribution in [0.1, 0.15) is 64.1 Å². The van der Waals surface area contributed by atoms with Crippen LogP contribution < -0.4 is 15.4 Å². The Morgan fingerprint density at radius 2 is 2.10 bits per heavy atom. The summed E-state index contributed by atoms with van der Waals surface area (Å²) in [4.78, 5) is 24.0. The van der Waals surface area contributed by atoms with E-state index in [1.807, 2.05) is 18.9 Å². The lowest BCUT2D eigenvalue weighted by Gasteiger charge is -2.39. The molecule has 3 fully saturated rings. The molecule has 1 aromatic rings. The highest BCUT2D eigenvalue weighted by Gasteiger charge is 2.47. The van der Waals surface area contributed by atoms with E-state index in [4.69, 9.17) is 15.6 Å². The molecule has 0 unspecified atom stereocenters. The number of aliphatic hydroxyl groups excluding tert-OH is 1. The van der Waals surface area contributed by atoms with E-state index in [9.17, 15) is 14.3 Å². The highest BCUT2D eigenvalue weighted by Crippen LogP contribution is 2.48. The fraction of sp³-hybridized carbons (Fsp3) is 0.607. The maximum atomic E-state index is 14.0. The number of carbonyl (C=O) groups is 1. The Hall–Kier alpha value is -3.18. The molecule has 0 bridgehead atoms. The third-order valence-electron chi connectivity index (χ3n) is 8.59. The van der Waals surface area contributed by atoms with Crippen LogP contribution in [0.5, 0.6) is 5.88 Å². The molecule has 1 spiro atoms. The molecule has 3 heterocycles. The molecule has 0 amide bonds. The number of ether oxygens (including phenoxy) is 1. The van der Waals surface area contributed by atoms with Crippen LogP contribution in [0.2, 0.25) is 0 Å². The highest BCUT2D eigenvalue weighted by atomic mass is 19.1. The molecule has 10 nitrogen and oxygen atoms in total. The fourth-order valence-corrected chi connectivity index (χ4v) is 6.37. The lowest BCUT2D eigenvalue weighted by molar-refractivity contribution is -0.131. The van der Waals surface area contributed by atoms with Crippen molar-refractivity contribution in [3.8, 4) is 5.88 Å². The van der Waals surface area contributed by atoms with Gasteiger partial charge in [0, 0.05) is 55.5 Å². The van der Waals surface area contributed by atoms with Crippen LogP contribution in [0.15, 0.2) is 29.2 Å². The van der Waals surface area contributed by atoms with Crippen molar-refractivity contribution in [2.24, 2.45) is 5.41 Å². The van der Waals surface area contributed by atoms with Crippen molar-refractivity contribution in [2.75, 3.05) is 32.0 Å². The van der Waals surface area contributed by atoms with Gasteiger partial charge in [0.25, 0.3) is 0 Å². The number of nitrogens with zero attached hydrogens (tertiary/aromatic N) is 3. The Bertz CT molecular complexity index is 1230. The van der Waals surface area contributed by atoms with Crippen LogP contribution in [-0.4, -0.2) is 82.2 Å². The minimum atomic E-state index is -0.907. The Balaban J connectivity index is 1.47. The summed E-state index contributed by atoms with van der Waals surface area (Å²) in [5, 5.41) is 34.6. The van der Waals surface area contributed by atoms with Gasteiger partial charge < -0.3 is 25.9 Å². The third-order valence-corrected chi connectivity index (χ3v) is 8.59. The van der Waals surface area contributed by atoms with Gasteiger partial charge in [-0.15, -0.1) is 0 Å². The minimum Gasteiger partial charge on any atom is -0.511 e. The molecule has 2 aliphatic carbocycles. The molecule has 1 saturated carbocycles. The Morgan fingerprint density at radius 3 is 2.79 bits per heavy atom. The average molecular weight is 540 g/mol. The number of carbonyl (C=O) groups excluding carboxylic acids is 1. The predicted molar refractivity (Wildman–Crippen MR) is 147 cm³/mol. The van der Waals surface area contributed by atoms with Crippen molar-refractivity contribution in [2.45, 2.75) is 76.6 Å². The number of halogens is 1. The maximum Gasteiger partial charge on any atom is 0.219 e. The number of likely N-dealkylation sites (N-methyl/N-ethyl adjacent to an activating group) is 1. The van der Waals surface area contributed by atoms with Gasteiger partial charge in [-0.1, -0.05) is 6.42 Å². The lowest BCUT2D eigenvalue weighted by Crippen LogP contribution is -2.39. The Kier molecular flexibility index (Phi) is 7.82. The fourth-order valence-electron chi connectivity index (χ4n) is 6.37. The van der Waals surface area contributed by atoms with E-state index in [2.05, 4.69) is 20.6 Å². The molecule has 39 heavy (non-hydrogen) atoms. The second-order valence-electron chi connectivity index (χ2n) is 11.2. The van der Waals surface area contributed by atoms with Gasteiger partial charge in [0.2, 0.25) is 5.88 Å². The largest absolute Gasteiger partial charge is 0.511 e. The number of nitrogens with one attached hydrogen (secondary N) is 4. The van der Waals surface area contributed by atoms with Gasteiger partial charge in [-0.25, -0.2) is 9.37 Å². The summed E-state index contributed by atoms with van der Waals surface area (Å²) in [7, 11) is 1.87. The molecule has 0 radical (unpaired) electrons. The lowest BCUT2D eigenvalue weighted by atomic mass is 9.64. The van der Waals surface area contributed by atoms with Gasteiger partial charge in [0.1, 0.15) is 35.3 Å². The number of hydrogen-bond donors (Lipinski definition) is 5. The van der Waals surface area contributed by atoms with E-state index in [1.165, 1.54) is 0 Å². The van der Waals surface area contributed by atoms with E-state index in [1.54, 1.807) is 12.3 Å². The topological polar surface area (TPSA) is 147 Å². The summed E-state index contributed by atoms with van der Waals surface area (Å²) in [5.41, 5.74) is 0.754. The molecule has 5 rings (SSSR count). The average Bonchev–Trinajstić information content (AvgIpc) is 3.48. The van der Waals surface area contributed by atoms with E-state index >= 15 is 0 Å². The number of Topliss-reactive ketones (excluding diaryl/α,β-unsaturated/α-hetero) is 1. The second-order valence-corrected chi connectivity index (χ2v) is 11.2.